The third kappa shape index (κ3) is 1.54. The molecule has 2 heterocycles. The zero-order valence-electron chi connectivity index (χ0n) is 10.8. The number of carbonyl (C=O) groups excluding carboxylic acids is 1. The molecule has 1 saturated carbocycles. The van der Waals surface area contributed by atoms with Crippen LogP contribution in [0.1, 0.15) is 39.5 Å². The number of fused-ring (bicyclic) bond motifs is 3. The van der Waals surface area contributed by atoms with E-state index in [-0.39, 0.29) is 18.1 Å². The Morgan fingerprint density at radius 1 is 1.41 bits per heavy atom. The lowest BCUT2D eigenvalue weighted by Crippen LogP contribution is -2.73. The van der Waals surface area contributed by atoms with Crippen LogP contribution in [0.5, 0.6) is 0 Å². The van der Waals surface area contributed by atoms with Gasteiger partial charge in [-0.3, -0.25) is 4.79 Å². The molecule has 1 aliphatic carbocycles. The van der Waals surface area contributed by atoms with Gasteiger partial charge >= 0.3 is 0 Å². The molecule has 0 aromatic heterocycles. The van der Waals surface area contributed by atoms with Crippen LogP contribution < -0.4 is 0 Å². The Morgan fingerprint density at radius 2 is 2.18 bits per heavy atom. The molecular formula is C13H21NO3. The molecule has 4 atom stereocenters. The summed E-state index contributed by atoms with van der Waals surface area (Å²) in [6.45, 7) is 3.99. The Hall–Kier alpha value is -0.610. The molecule has 1 unspecified atom stereocenters. The third-order valence-electron chi connectivity index (χ3n) is 4.60. The molecule has 0 aromatic carbocycles. The monoisotopic (exact) mass is 239 g/mol. The predicted octanol–water partition coefficient (Wildman–Crippen LogP) is 1.54. The van der Waals surface area contributed by atoms with Gasteiger partial charge < -0.3 is 14.4 Å². The van der Waals surface area contributed by atoms with Crippen LogP contribution in [0.4, 0.5) is 0 Å². The van der Waals surface area contributed by atoms with Crippen molar-refractivity contribution in [2.45, 2.75) is 63.5 Å². The minimum Gasteiger partial charge on any atom is -0.379 e. The second-order valence-electron chi connectivity index (χ2n) is 5.93. The minimum atomic E-state index is -0.463. The summed E-state index contributed by atoms with van der Waals surface area (Å²) >= 11 is 0. The summed E-state index contributed by atoms with van der Waals surface area (Å²) < 4.78 is 11.7. The third-order valence-corrected chi connectivity index (χ3v) is 4.60. The average molecular weight is 239 g/mol. The van der Waals surface area contributed by atoms with Crippen molar-refractivity contribution in [3.05, 3.63) is 0 Å². The Kier molecular flexibility index (Phi) is 2.49. The summed E-state index contributed by atoms with van der Waals surface area (Å²) in [5, 5.41) is 0. The second-order valence-corrected chi connectivity index (χ2v) is 5.93. The first-order valence-electron chi connectivity index (χ1n) is 6.57. The largest absolute Gasteiger partial charge is 0.379 e. The van der Waals surface area contributed by atoms with Crippen LogP contribution in [0.3, 0.4) is 0 Å². The van der Waals surface area contributed by atoms with E-state index in [1.165, 1.54) is 6.42 Å². The highest BCUT2D eigenvalue weighted by Crippen LogP contribution is 2.47. The van der Waals surface area contributed by atoms with Crippen molar-refractivity contribution < 1.29 is 14.3 Å². The van der Waals surface area contributed by atoms with Crippen LogP contribution in [0.25, 0.3) is 0 Å². The molecule has 96 valence electrons. The SMILES string of the molecule is CO[C@@H]1CCC[C@@H]2C1OC(C)(C)N1C(=O)C[C@@H]21. The van der Waals surface area contributed by atoms with Gasteiger partial charge in [-0.2, -0.15) is 0 Å². The van der Waals surface area contributed by atoms with Crippen LogP contribution in [0.2, 0.25) is 0 Å². The van der Waals surface area contributed by atoms with Crippen LogP contribution >= 0.6 is 0 Å². The van der Waals surface area contributed by atoms with Gasteiger partial charge in [0.2, 0.25) is 5.91 Å². The highest BCUT2D eigenvalue weighted by atomic mass is 16.6. The van der Waals surface area contributed by atoms with E-state index in [4.69, 9.17) is 9.47 Å². The van der Waals surface area contributed by atoms with Crippen molar-refractivity contribution in [1.82, 2.24) is 4.90 Å². The first-order chi connectivity index (χ1) is 8.04. The van der Waals surface area contributed by atoms with Gasteiger partial charge in [0, 0.05) is 25.5 Å². The lowest BCUT2D eigenvalue weighted by molar-refractivity contribution is -0.286. The van der Waals surface area contributed by atoms with Crippen molar-refractivity contribution in [2.24, 2.45) is 5.92 Å². The summed E-state index contributed by atoms with van der Waals surface area (Å²) in [4.78, 5) is 13.7. The maximum absolute atomic E-state index is 11.7. The van der Waals surface area contributed by atoms with E-state index in [9.17, 15) is 4.79 Å². The van der Waals surface area contributed by atoms with Gasteiger partial charge in [-0.15, -0.1) is 0 Å². The summed E-state index contributed by atoms with van der Waals surface area (Å²) in [6, 6.07) is 0.384. The van der Waals surface area contributed by atoms with Crippen molar-refractivity contribution in [3.8, 4) is 0 Å². The lowest BCUT2D eigenvalue weighted by Gasteiger charge is -2.61. The molecule has 2 saturated heterocycles. The molecule has 0 aromatic rings. The van der Waals surface area contributed by atoms with Gasteiger partial charge in [0.05, 0.1) is 12.2 Å². The molecule has 0 N–H and O–H groups in total. The van der Waals surface area contributed by atoms with Gasteiger partial charge in [0.1, 0.15) is 5.72 Å². The number of rotatable bonds is 1. The molecule has 0 radical (unpaired) electrons. The maximum atomic E-state index is 11.7. The first kappa shape index (κ1) is 11.5. The van der Waals surface area contributed by atoms with Crippen LogP contribution in [0, 0.1) is 5.92 Å². The Labute approximate surface area is 102 Å². The van der Waals surface area contributed by atoms with Gasteiger partial charge in [0.15, 0.2) is 0 Å². The van der Waals surface area contributed by atoms with E-state index in [1.54, 1.807) is 7.11 Å². The molecule has 0 spiro atoms. The smallest absolute Gasteiger partial charge is 0.227 e. The van der Waals surface area contributed by atoms with Crippen molar-refractivity contribution >= 4 is 5.91 Å². The van der Waals surface area contributed by atoms with E-state index in [1.807, 2.05) is 18.7 Å². The van der Waals surface area contributed by atoms with E-state index >= 15 is 0 Å². The van der Waals surface area contributed by atoms with Crippen molar-refractivity contribution in [2.75, 3.05) is 7.11 Å². The maximum Gasteiger partial charge on any atom is 0.227 e. The molecule has 0 bridgehead atoms. The van der Waals surface area contributed by atoms with Crippen LogP contribution in [-0.2, 0) is 14.3 Å². The van der Waals surface area contributed by atoms with Crippen molar-refractivity contribution in [1.29, 1.82) is 0 Å². The fourth-order valence-electron chi connectivity index (χ4n) is 3.86. The summed E-state index contributed by atoms with van der Waals surface area (Å²) in [5.41, 5.74) is -0.463. The Balaban J connectivity index is 1.87. The summed E-state index contributed by atoms with van der Waals surface area (Å²) in [5.74, 6) is 0.706. The van der Waals surface area contributed by atoms with Gasteiger partial charge in [-0.05, 0) is 26.7 Å². The number of hydrogen-bond donors (Lipinski definition) is 0. The standard InChI is InChI=1S/C13H21NO3/c1-13(2)14-9(7-11(14)15)8-5-4-6-10(16-3)12(8)17-13/h8-10,12H,4-7H2,1-3H3/t8-,9-,10+,12?/m0/s1. The number of hydrogen-bond acceptors (Lipinski definition) is 3. The number of amides is 1. The number of carbonyl (C=O) groups is 1. The molecule has 2 aliphatic heterocycles. The van der Waals surface area contributed by atoms with Gasteiger partial charge in [0.25, 0.3) is 0 Å². The molecular weight excluding hydrogens is 218 g/mol. The lowest BCUT2D eigenvalue weighted by atomic mass is 9.72. The molecule has 3 aliphatic rings. The quantitative estimate of drug-likeness (QED) is 0.651. The summed E-state index contributed by atoms with van der Waals surface area (Å²) in [7, 11) is 1.77. The highest BCUT2D eigenvalue weighted by Gasteiger charge is 2.58. The number of methoxy groups -OCH3 is 1. The number of nitrogens with zero attached hydrogens (tertiary/aromatic N) is 1. The molecule has 4 nitrogen and oxygen atoms in total. The normalized spacial score (nSPS) is 43.7. The molecule has 4 heteroatoms. The zero-order chi connectivity index (χ0) is 12.2. The Bertz CT molecular complexity index is 342. The molecule has 1 amide bonds. The minimum absolute atomic E-state index is 0.165. The summed E-state index contributed by atoms with van der Waals surface area (Å²) in [6.07, 6.45) is 4.49. The number of ether oxygens (including phenoxy) is 2. The average Bonchev–Trinajstić information content (AvgIpc) is 2.24. The second kappa shape index (κ2) is 3.69. The van der Waals surface area contributed by atoms with Gasteiger partial charge in [-0.1, -0.05) is 6.42 Å². The predicted molar refractivity (Wildman–Crippen MR) is 62.3 cm³/mol. The van der Waals surface area contributed by atoms with Crippen LogP contribution in [0.15, 0.2) is 0 Å². The van der Waals surface area contributed by atoms with E-state index in [0.29, 0.717) is 18.4 Å². The van der Waals surface area contributed by atoms with Crippen molar-refractivity contribution in [3.63, 3.8) is 0 Å². The van der Waals surface area contributed by atoms with E-state index < -0.39 is 5.72 Å². The zero-order valence-corrected chi connectivity index (χ0v) is 10.8. The molecule has 3 rings (SSSR count). The first-order valence-corrected chi connectivity index (χ1v) is 6.57. The molecule has 17 heavy (non-hydrogen) atoms. The van der Waals surface area contributed by atoms with Crippen LogP contribution in [-0.4, -0.2) is 41.9 Å². The fraction of sp³-hybridized carbons (Fsp3) is 0.923. The van der Waals surface area contributed by atoms with Gasteiger partial charge in [-0.25, -0.2) is 0 Å². The highest BCUT2D eigenvalue weighted by molar-refractivity contribution is 5.84. The molecule has 3 fully saturated rings. The fourth-order valence-corrected chi connectivity index (χ4v) is 3.86. The topological polar surface area (TPSA) is 38.8 Å². The number of β-lactam (4-membered cyclic amide) rings is 1. The van der Waals surface area contributed by atoms with E-state index in [0.717, 1.165) is 12.8 Å². The van der Waals surface area contributed by atoms with E-state index in [2.05, 4.69) is 0 Å². The Morgan fingerprint density at radius 3 is 2.82 bits per heavy atom.